The highest BCUT2D eigenvalue weighted by Crippen LogP contribution is 2.47. The van der Waals surface area contributed by atoms with Crippen LogP contribution in [0.1, 0.15) is 69.1 Å². The van der Waals surface area contributed by atoms with Crippen molar-refractivity contribution in [3.8, 4) is 0 Å². The molecule has 0 aromatic heterocycles. The summed E-state index contributed by atoms with van der Waals surface area (Å²) >= 11 is 0. The Hall–Kier alpha value is -2.32. The van der Waals surface area contributed by atoms with Crippen molar-refractivity contribution in [3.05, 3.63) is 34.6 Å². The molecule has 0 bridgehead atoms. The summed E-state index contributed by atoms with van der Waals surface area (Å²) in [5, 5.41) is 2.56. The number of carbonyl (C=O) groups excluding carboxylic acids is 2. The number of nitrogens with zero attached hydrogens (tertiary/aromatic N) is 1. The largest absolute Gasteiger partial charge is 0.444 e. The highest BCUT2D eigenvalue weighted by molar-refractivity contribution is 5.86. The molecule has 1 aliphatic heterocycles. The van der Waals surface area contributed by atoms with Crippen LogP contribution in [0.3, 0.4) is 0 Å². The maximum atomic E-state index is 14.8. The van der Waals surface area contributed by atoms with Crippen molar-refractivity contribution in [3.63, 3.8) is 0 Å². The van der Waals surface area contributed by atoms with Gasteiger partial charge in [0.2, 0.25) is 5.91 Å². The maximum absolute atomic E-state index is 14.8. The van der Waals surface area contributed by atoms with Crippen molar-refractivity contribution in [1.82, 2.24) is 10.2 Å². The number of benzene rings is 1. The Labute approximate surface area is 172 Å². The molecule has 3 rings (SSSR count). The molecule has 1 atom stereocenters. The van der Waals surface area contributed by atoms with Gasteiger partial charge < -0.3 is 10.1 Å². The Kier molecular flexibility index (Phi) is 6.02. The fraction of sp³-hybridized carbons (Fsp3) is 0.619. The Morgan fingerprint density at radius 2 is 1.83 bits per heavy atom. The molecule has 2 aliphatic rings. The van der Waals surface area contributed by atoms with Crippen molar-refractivity contribution in [2.24, 2.45) is 0 Å². The molecule has 5 nitrogen and oxygen atoms in total. The number of ether oxygens (including phenoxy) is 1. The number of rotatable bonds is 4. The summed E-state index contributed by atoms with van der Waals surface area (Å²) in [7, 11) is 0. The second kappa shape index (κ2) is 8.07. The molecule has 1 saturated heterocycles. The normalized spacial score (nSPS) is 19.7. The average molecular weight is 430 g/mol. The molecule has 1 heterocycles. The molecule has 1 aromatic carbocycles. The van der Waals surface area contributed by atoms with E-state index in [4.69, 9.17) is 4.74 Å². The third-order valence-electron chi connectivity index (χ3n) is 5.19. The number of carbonyl (C=O) groups is 2. The molecule has 30 heavy (non-hydrogen) atoms. The molecule has 2 fully saturated rings. The van der Waals surface area contributed by atoms with E-state index >= 15 is 0 Å². The first kappa shape index (κ1) is 22.4. The lowest BCUT2D eigenvalue weighted by Crippen LogP contribution is -2.47. The third-order valence-corrected chi connectivity index (χ3v) is 5.19. The lowest BCUT2D eigenvalue weighted by atomic mass is 9.98. The van der Waals surface area contributed by atoms with Gasteiger partial charge in [0.1, 0.15) is 17.5 Å². The molecule has 1 aromatic rings. The fourth-order valence-electron chi connectivity index (χ4n) is 3.67. The molecule has 1 saturated carbocycles. The zero-order valence-corrected chi connectivity index (χ0v) is 17.2. The van der Waals surface area contributed by atoms with Gasteiger partial charge in [0, 0.05) is 24.2 Å². The van der Waals surface area contributed by atoms with E-state index in [1.54, 1.807) is 20.8 Å². The molecule has 166 valence electrons. The van der Waals surface area contributed by atoms with Gasteiger partial charge in [-0.15, -0.1) is 0 Å². The number of halogens is 4. The van der Waals surface area contributed by atoms with Crippen molar-refractivity contribution in [2.75, 3.05) is 6.54 Å². The second-order valence-electron chi connectivity index (χ2n) is 8.82. The van der Waals surface area contributed by atoms with E-state index < -0.39 is 47.1 Å². The summed E-state index contributed by atoms with van der Waals surface area (Å²) in [6.45, 7) is 5.29. The van der Waals surface area contributed by atoms with Crippen molar-refractivity contribution < 1.29 is 31.9 Å². The summed E-state index contributed by atoms with van der Waals surface area (Å²) in [6, 6.07) is 1.19. The van der Waals surface area contributed by atoms with Crippen LogP contribution in [0.2, 0.25) is 0 Å². The van der Waals surface area contributed by atoms with Gasteiger partial charge in [-0.2, -0.15) is 13.2 Å². The highest BCUT2D eigenvalue weighted by Gasteiger charge is 2.41. The van der Waals surface area contributed by atoms with Crippen LogP contribution in [0, 0.1) is 5.82 Å². The maximum Gasteiger partial charge on any atom is 0.416 e. The smallest absolute Gasteiger partial charge is 0.416 e. The number of likely N-dealkylation sites (tertiary alicyclic amines) is 1. The monoisotopic (exact) mass is 430 g/mol. The van der Waals surface area contributed by atoms with Gasteiger partial charge in [-0.3, -0.25) is 9.69 Å². The molecule has 0 unspecified atom stereocenters. The zero-order valence-electron chi connectivity index (χ0n) is 17.2. The molecular weight excluding hydrogens is 404 g/mol. The molecule has 0 spiro atoms. The molecule has 2 amide bonds. The van der Waals surface area contributed by atoms with Crippen LogP contribution < -0.4 is 5.32 Å². The minimum Gasteiger partial charge on any atom is -0.444 e. The number of hydrogen-bond acceptors (Lipinski definition) is 3. The predicted molar refractivity (Wildman–Crippen MR) is 101 cm³/mol. The number of nitrogens with one attached hydrogen (secondary N) is 1. The summed E-state index contributed by atoms with van der Waals surface area (Å²) < 4.78 is 59.8. The highest BCUT2D eigenvalue weighted by atomic mass is 19.4. The molecule has 9 heteroatoms. The average Bonchev–Trinajstić information content (AvgIpc) is 3.32. The SMILES string of the molecule is CC(C)(C)OC(=O)N1CCC[C@@H]1C(=O)NCc1ccc(C(F)(F)F)c(C2CC2)c1F. The Balaban J connectivity index is 1.70. The second-order valence-corrected chi connectivity index (χ2v) is 8.82. The fourth-order valence-corrected chi connectivity index (χ4v) is 3.67. The van der Waals surface area contributed by atoms with E-state index in [0.717, 1.165) is 12.1 Å². The van der Waals surface area contributed by atoms with Gasteiger partial charge in [-0.05, 0) is 58.4 Å². The third kappa shape index (κ3) is 5.05. The molecule has 1 aliphatic carbocycles. The van der Waals surface area contributed by atoms with Crippen LogP contribution >= 0.6 is 0 Å². The Morgan fingerprint density at radius 3 is 2.40 bits per heavy atom. The van der Waals surface area contributed by atoms with Gasteiger partial charge >= 0.3 is 12.3 Å². The van der Waals surface area contributed by atoms with Crippen LogP contribution in [-0.2, 0) is 22.3 Å². The minimum atomic E-state index is -4.63. The Bertz CT molecular complexity index is 829. The lowest BCUT2D eigenvalue weighted by molar-refractivity contribution is -0.138. The first-order valence-corrected chi connectivity index (χ1v) is 10.0. The minimum absolute atomic E-state index is 0.0000602. The van der Waals surface area contributed by atoms with Crippen LogP contribution in [0.5, 0.6) is 0 Å². The van der Waals surface area contributed by atoms with Crippen LogP contribution in [0.25, 0.3) is 0 Å². The summed E-state index contributed by atoms with van der Waals surface area (Å²) in [5.74, 6) is -1.83. The number of hydrogen-bond donors (Lipinski definition) is 1. The topological polar surface area (TPSA) is 58.6 Å². The van der Waals surface area contributed by atoms with Crippen molar-refractivity contribution in [1.29, 1.82) is 0 Å². The van der Waals surface area contributed by atoms with Crippen molar-refractivity contribution >= 4 is 12.0 Å². The summed E-state index contributed by atoms with van der Waals surface area (Å²) in [6.07, 6.45) is -3.13. The molecule has 0 radical (unpaired) electrons. The van der Waals surface area contributed by atoms with Gasteiger partial charge in [0.25, 0.3) is 0 Å². The molecule has 1 N–H and O–H groups in total. The number of amides is 2. The first-order valence-electron chi connectivity index (χ1n) is 10.0. The van der Waals surface area contributed by atoms with E-state index in [-0.39, 0.29) is 17.7 Å². The van der Waals surface area contributed by atoms with Crippen molar-refractivity contribution in [2.45, 2.75) is 76.7 Å². The molecular formula is C21H26F4N2O3. The van der Waals surface area contributed by atoms with Gasteiger partial charge in [-0.25, -0.2) is 9.18 Å². The van der Waals surface area contributed by atoms with Crippen LogP contribution in [0.4, 0.5) is 22.4 Å². The summed E-state index contributed by atoms with van der Waals surface area (Å²) in [4.78, 5) is 26.3. The van der Waals surface area contributed by atoms with Crippen LogP contribution in [-0.4, -0.2) is 35.1 Å². The van der Waals surface area contributed by atoms with E-state index in [9.17, 15) is 27.2 Å². The lowest BCUT2D eigenvalue weighted by Gasteiger charge is -2.28. The zero-order chi connectivity index (χ0) is 22.3. The quantitative estimate of drug-likeness (QED) is 0.702. The Morgan fingerprint density at radius 1 is 1.17 bits per heavy atom. The standard InChI is InChI=1S/C21H26F4N2O3/c1-20(2,3)30-19(29)27-10-4-5-15(27)18(28)26-11-13-8-9-14(21(23,24)25)16(17(13)22)12-6-7-12/h8-9,12,15H,4-7,10-11H2,1-3H3,(H,26,28)/t15-/m1/s1. The predicted octanol–water partition coefficient (Wildman–Crippen LogP) is 4.74. The van der Waals surface area contributed by atoms with Gasteiger partial charge in [0.05, 0.1) is 5.56 Å². The van der Waals surface area contributed by atoms with E-state index in [0.29, 0.717) is 32.2 Å². The van der Waals surface area contributed by atoms with Gasteiger partial charge in [0.15, 0.2) is 0 Å². The van der Waals surface area contributed by atoms with Crippen LogP contribution in [0.15, 0.2) is 12.1 Å². The van der Waals surface area contributed by atoms with Gasteiger partial charge in [-0.1, -0.05) is 6.07 Å². The first-order chi connectivity index (χ1) is 13.9. The van der Waals surface area contributed by atoms with E-state index in [1.807, 2.05) is 0 Å². The van der Waals surface area contributed by atoms with E-state index in [2.05, 4.69) is 5.32 Å². The number of alkyl halides is 3. The summed E-state index contributed by atoms with van der Waals surface area (Å²) in [5.41, 5.74) is -1.97. The van der Waals surface area contributed by atoms with E-state index in [1.165, 1.54) is 4.90 Å².